The summed E-state index contributed by atoms with van der Waals surface area (Å²) in [5, 5.41) is 16.1. The fraction of sp³-hybridized carbons (Fsp3) is 0.273. The van der Waals surface area contributed by atoms with E-state index in [0.717, 1.165) is 10.7 Å². The fourth-order valence-electron chi connectivity index (χ4n) is 1.56. The van der Waals surface area contributed by atoms with Crippen LogP contribution in [0.5, 0.6) is 0 Å². The van der Waals surface area contributed by atoms with Gasteiger partial charge in [0.1, 0.15) is 0 Å². The lowest BCUT2D eigenvalue weighted by atomic mass is 10.1. The Morgan fingerprint density at radius 1 is 1.22 bits per heavy atom. The van der Waals surface area contributed by atoms with Gasteiger partial charge in [0.2, 0.25) is 0 Å². The minimum Gasteiger partial charge on any atom is -0.396 e. The van der Waals surface area contributed by atoms with E-state index in [4.69, 9.17) is 5.11 Å². The number of aromatic nitrogens is 3. The second-order valence-corrected chi connectivity index (χ2v) is 3.64. The second-order valence-electron chi connectivity index (χ2n) is 3.64. The van der Waals surface area contributed by atoms with Crippen molar-refractivity contribution < 1.29 is 18.3 Å². The minimum absolute atomic E-state index is 0.0818. The summed E-state index contributed by atoms with van der Waals surface area (Å²) in [6.07, 6.45) is -2.81. The van der Waals surface area contributed by atoms with E-state index in [1.165, 1.54) is 24.4 Å². The van der Waals surface area contributed by atoms with E-state index in [0.29, 0.717) is 5.69 Å². The van der Waals surface area contributed by atoms with Crippen molar-refractivity contribution in [1.29, 1.82) is 0 Å². The molecule has 0 saturated heterocycles. The van der Waals surface area contributed by atoms with E-state index in [-0.39, 0.29) is 18.7 Å². The summed E-state index contributed by atoms with van der Waals surface area (Å²) in [6.45, 7) is -0.125. The summed E-state index contributed by atoms with van der Waals surface area (Å²) in [4.78, 5) is 0. The smallest absolute Gasteiger partial charge is 0.396 e. The van der Waals surface area contributed by atoms with E-state index in [1.807, 2.05) is 0 Å². The zero-order valence-corrected chi connectivity index (χ0v) is 9.22. The summed E-state index contributed by atoms with van der Waals surface area (Å²) >= 11 is 0. The Hall–Kier alpha value is -1.89. The van der Waals surface area contributed by atoms with Gasteiger partial charge in [-0.2, -0.15) is 13.2 Å². The molecule has 0 radical (unpaired) electrons. The Balaban J connectivity index is 2.43. The average molecular weight is 257 g/mol. The summed E-state index contributed by atoms with van der Waals surface area (Å²) in [6, 6.07) is 5.12. The molecule has 7 heteroatoms. The molecule has 2 rings (SSSR count). The molecule has 0 atom stereocenters. The number of hydrogen-bond donors (Lipinski definition) is 1. The largest absolute Gasteiger partial charge is 0.418 e. The lowest BCUT2D eigenvalue weighted by Gasteiger charge is -2.11. The molecule has 1 aromatic carbocycles. The molecule has 0 aliphatic heterocycles. The highest BCUT2D eigenvalue weighted by Crippen LogP contribution is 2.33. The van der Waals surface area contributed by atoms with Gasteiger partial charge >= 0.3 is 6.18 Å². The Morgan fingerprint density at radius 3 is 2.61 bits per heavy atom. The van der Waals surface area contributed by atoms with Crippen molar-refractivity contribution in [3.8, 4) is 5.69 Å². The van der Waals surface area contributed by atoms with Crippen molar-refractivity contribution >= 4 is 0 Å². The lowest BCUT2D eigenvalue weighted by Crippen LogP contribution is -2.10. The monoisotopic (exact) mass is 257 g/mol. The molecule has 1 heterocycles. The quantitative estimate of drug-likeness (QED) is 0.912. The third-order valence-corrected chi connectivity index (χ3v) is 2.37. The van der Waals surface area contributed by atoms with Gasteiger partial charge in [-0.15, -0.1) is 5.10 Å². The number of aliphatic hydroxyl groups excluding tert-OH is 1. The first kappa shape index (κ1) is 12.6. The van der Waals surface area contributed by atoms with Gasteiger partial charge in [-0.05, 0) is 12.1 Å². The molecular formula is C11H10F3N3O. The molecule has 0 amide bonds. The van der Waals surface area contributed by atoms with Gasteiger partial charge in [0.05, 0.1) is 23.1 Å². The van der Waals surface area contributed by atoms with Crippen LogP contribution in [0.3, 0.4) is 0 Å². The van der Waals surface area contributed by atoms with Crippen LogP contribution in [0.1, 0.15) is 11.3 Å². The van der Waals surface area contributed by atoms with Gasteiger partial charge in [-0.1, -0.05) is 17.3 Å². The van der Waals surface area contributed by atoms with Crippen LogP contribution in [0.15, 0.2) is 30.5 Å². The second kappa shape index (κ2) is 4.77. The average Bonchev–Trinajstić information content (AvgIpc) is 2.77. The minimum atomic E-state index is -4.44. The Kier molecular flexibility index (Phi) is 3.33. The zero-order chi connectivity index (χ0) is 13.2. The number of aliphatic hydroxyl groups is 1. The van der Waals surface area contributed by atoms with Crippen LogP contribution in [-0.4, -0.2) is 26.7 Å². The van der Waals surface area contributed by atoms with Crippen LogP contribution in [0.25, 0.3) is 5.69 Å². The van der Waals surface area contributed by atoms with Gasteiger partial charge < -0.3 is 5.11 Å². The number of hydrogen-bond acceptors (Lipinski definition) is 3. The molecule has 2 aromatic rings. The fourth-order valence-corrected chi connectivity index (χ4v) is 1.56. The summed E-state index contributed by atoms with van der Waals surface area (Å²) in [5.41, 5.74) is -0.415. The van der Waals surface area contributed by atoms with Crippen LogP contribution >= 0.6 is 0 Å². The molecule has 0 unspecified atom stereocenters. The van der Waals surface area contributed by atoms with Crippen LogP contribution in [0.4, 0.5) is 13.2 Å². The highest BCUT2D eigenvalue weighted by Gasteiger charge is 2.33. The van der Waals surface area contributed by atoms with Gasteiger partial charge in [0.25, 0.3) is 0 Å². The molecule has 0 saturated carbocycles. The maximum atomic E-state index is 12.8. The van der Waals surface area contributed by atoms with Gasteiger partial charge in [0, 0.05) is 13.0 Å². The lowest BCUT2D eigenvalue weighted by molar-refractivity contribution is -0.137. The van der Waals surface area contributed by atoms with E-state index in [2.05, 4.69) is 10.3 Å². The summed E-state index contributed by atoms with van der Waals surface area (Å²) < 4.78 is 39.4. The van der Waals surface area contributed by atoms with Crippen LogP contribution < -0.4 is 0 Å². The molecule has 1 aromatic heterocycles. The number of benzene rings is 1. The number of nitrogens with zero attached hydrogens (tertiary/aromatic N) is 3. The Bertz CT molecular complexity index is 536. The third kappa shape index (κ3) is 2.51. The van der Waals surface area contributed by atoms with Crippen molar-refractivity contribution in [2.24, 2.45) is 0 Å². The zero-order valence-electron chi connectivity index (χ0n) is 9.22. The van der Waals surface area contributed by atoms with Gasteiger partial charge in [0.15, 0.2) is 0 Å². The van der Waals surface area contributed by atoms with Crippen LogP contribution in [0, 0.1) is 0 Å². The van der Waals surface area contributed by atoms with Crippen molar-refractivity contribution in [2.75, 3.05) is 6.61 Å². The van der Waals surface area contributed by atoms with Crippen LogP contribution in [0.2, 0.25) is 0 Å². The highest BCUT2D eigenvalue weighted by atomic mass is 19.4. The van der Waals surface area contributed by atoms with Gasteiger partial charge in [-0.25, -0.2) is 4.68 Å². The van der Waals surface area contributed by atoms with E-state index in [9.17, 15) is 13.2 Å². The predicted molar refractivity (Wildman–Crippen MR) is 57.2 cm³/mol. The summed E-state index contributed by atoms with van der Waals surface area (Å²) in [5.74, 6) is 0. The number of para-hydroxylation sites is 1. The molecule has 96 valence electrons. The van der Waals surface area contributed by atoms with Crippen molar-refractivity contribution in [1.82, 2.24) is 15.0 Å². The molecule has 4 nitrogen and oxygen atoms in total. The molecule has 0 fully saturated rings. The van der Waals surface area contributed by atoms with E-state index < -0.39 is 11.7 Å². The van der Waals surface area contributed by atoms with Crippen molar-refractivity contribution in [2.45, 2.75) is 12.6 Å². The first-order valence-electron chi connectivity index (χ1n) is 5.21. The van der Waals surface area contributed by atoms with Crippen LogP contribution in [-0.2, 0) is 12.6 Å². The molecule has 0 aliphatic carbocycles. The third-order valence-electron chi connectivity index (χ3n) is 2.37. The summed E-state index contributed by atoms with van der Waals surface area (Å²) in [7, 11) is 0. The first-order chi connectivity index (χ1) is 8.52. The molecule has 0 bridgehead atoms. The Morgan fingerprint density at radius 2 is 1.94 bits per heavy atom. The van der Waals surface area contributed by atoms with Gasteiger partial charge in [-0.3, -0.25) is 0 Å². The molecule has 0 aliphatic rings. The normalized spacial score (nSPS) is 11.8. The highest BCUT2D eigenvalue weighted by molar-refractivity contribution is 5.42. The predicted octanol–water partition coefficient (Wildman–Crippen LogP) is 1.82. The topological polar surface area (TPSA) is 50.9 Å². The first-order valence-corrected chi connectivity index (χ1v) is 5.21. The molecular weight excluding hydrogens is 247 g/mol. The molecule has 0 spiro atoms. The molecule has 18 heavy (non-hydrogen) atoms. The number of alkyl halides is 3. The standard InChI is InChI=1S/C11H10F3N3O/c12-11(13,14)9-3-1-2-4-10(9)17-7-8(5-6-18)15-16-17/h1-4,7,18H,5-6H2. The number of halogens is 3. The van der Waals surface area contributed by atoms with Crippen molar-refractivity contribution in [3.05, 3.63) is 41.7 Å². The number of rotatable bonds is 3. The van der Waals surface area contributed by atoms with E-state index >= 15 is 0 Å². The maximum Gasteiger partial charge on any atom is 0.418 e. The SMILES string of the molecule is OCCc1cn(-c2ccccc2C(F)(F)F)nn1. The Labute approximate surface area is 101 Å². The van der Waals surface area contributed by atoms with Crippen molar-refractivity contribution in [3.63, 3.8) is 0 Å². The van der Waals surface area contributed by atoms with E-state index in [1.54, 1.807) is 0 Å². The maximum absolute atomic E-state index is 12.8. The molecule has 1 N–H and O–H groups in total.